The number of rotatable bonds is 3. The van der Waals surface area contributed by atoms with E-state index in [0.29, 0.717) is 14.0 Å². The molecule has 0 saturated heterocycles. The van der Waals surface area contributed by atoms with Crippen LogP contribution in [0.3, 0.4) is 0 Å². The minimum absolute atomic E-state index is 0.170. The molecule has 0 saturated carbocycles. The molecule has 0 aromatic carbocycles. The van der Waals surface area contributed by atoms with Crippen molar-refractivity contribution in [1.29, 1.82) is 0 Å². The van der Waals surface area contributed by atoms with Crippen LogP contribution in [0.25, 0.3) is 0 Å². The largest absolute Gasteiger partial charge is 0.309 e. The second-order valence-corrected chi connectivity index (χ2v) is 7.94. The van der Waals surface area contributed by atoms with Crippen LogP contribution in [-0.2, 0) is 14.6 Å². The lowest BCUT2D eigenvalue weighted by Gasteiger charge is -2.11. The number of carbonyl (C=O) groups is 1. The molecule has 1 amide bonds. The lowest BCUT2D eigenvalue weighted by molar-refractivity contribution is -0.115. The van der Waals surface area contributed by atoms with Crippen LogP contribution >= 0.6 is 43.5 Å². The van der Waals surface area contributed by atoms with Gasteiger partial charge in [-0.05, 0) is 38.8 Å². The Bertz CT molecular complexity index is 592. The molecule has 0 aliphatic heterocycles. The third-order valence-corrected chi connectivity index (χ3v) is 5.89. The molecule has 0 spiro atoms. The van der Waals surface area contributed by atoms with Crippen LogP contribution in [0.1, 0.15) is 6.92 Å². The molecule has 5 nitrogen and oxygen atoms in total. The number of pyridine rings is 1. The van der Waals surface area contributed by atoms with Gasteiger partial charge in [0.1, 0.15) is 11.1 Å². The van der Waals surface area contributed by atoms with Crippen molar-refractivity contribution < 1.29 is 13.2 Å². The number of carbonyl (C=O) groups excluding carboxylic acids is 1. The number of halogens is 3. The fourth-order valence-corrected chi connectivity index (χ4v) is 2.51. The van der Waals surface area contributed by atoms with Crippen molar-refractivity contribution in [3.8, 4) is 0 Å². The Hall–Kier alpha value is -0.180. The summed E-state index contributed by atoms with van der Waals surface area (Å²) >= 11 is 12.3. The maximum absolute atomic E-state index is 11.7. The molecule has 18 heavy (non-hydrogen) atoms. The molecule has 0 bridgehead atoms. The van der Waals surface area contributed by atoms with E-state index in [2.05, 4.69) is 42.2 Å². The lowest BCUT2D eigenvalue weighted by Crippen LogP contribution is -2.32. The number of hydrogen-bond acceptors (Lipinski definition) is 4. The van der Waals surface area contributed by atoms with Crippen LogP contribution in [-0.4, -0.2) is 30.8 Å². The van der Waals surface area contributed by atoms with E-state index >= 15 is 0 Å². The molecule has 100 valence electrons. The van der Waals surface area contributed by atoms with Gasteiger partial charge < -0.3 is 5.32 Å². The summed E-state index contributed by atoms with van der Waals surface area (Å²) in [5, 5.41) is 1.58. The monoisotopic (exact) mass is 418 g/mol. The Balaban J connectivity index is 3.00. The molecule has 0 aliphatic rings. The van der Waals surface area contributed by atoms with Crippen LogP contribution in [0.4, 0.5) is 5.82 Å². The zero-order valence-electron chi connectivity index (χ0n) is 9.37. The van der Waals surface area contributed by atoms with Crippen molar-refractivity contribution in [2.45, 2.75) is 12.2 Å². The quantitative estimate of drug-likeness (QED) is 0.816. The normalized spacial score (nSPS) is 13.2. The van der Waals surface area contributed by atoms with E-state index in [1.54, 1.807) is 0 Å². The number of sulfone groups is 1. The molecule has 0 unspecified atom stereocenters. The summed E-state index contributed by atoms with van der Waals surface area (Å²) < 4.78 is 23.4. The minimum Gasteiger partial charge on any atom is -0.309 e. The Morgan fingerprint density at radius 2 is 2.06 bits per heavy atom. The molecule has 9 heteroatoms. The van der Waals surface area contributed by atoms with Crippen LogP contribution in [0, 0.1) is 0 Å². The summed E-state index contributed by atoms with van der Waals surface area (Å²) in [7, 11) is -3.45. The van der Waals surface area contributed by atoms with Gasteiger partial charge in [0.05, 0.1) is 14.0 Å². The van der Waals surface area contributed by atoms with E-state index < -0.39 is 21.0 Å². The van der Waals surface area contributed by atoms with Gasteiger partial charge in [0.2, 0.25) is 5.91 Å². The Morgan fingerprint density at radius 1 is 1.50 bits per heavy atom. The maximum Gasteiger partial charge on any atom is 0.243 e. The summed E-state index contributed by atoms with van der Waals surface area (Å²) in [6.07, 6.45) is 2.40. The first-order valence-electron chi connectivity index (χ1n) is 4.63. The average Bonchev–Trinajstić information content (AvgIpc) is 2.27. The minimum atomic E-state index is -3.45. The fourth-order valence-electron chi connectivity index (χ4n) is 0.943. The summed E-state index contributed by atoms with van der Waals surface area (Å²) in [6.45, 7) is 1.30. The highest BCUT2D eigenvalue weighted by molar-refractivity contribution is 9.11. The molecule has 0 radical (unpaired) electrons. The van der Waals surface area contributed by atoms with Gasteiger partial charge in [0, 0.05) is 12.5 Å². The van der Waals surface area contributed by atoms with Gasteiger partial charge in [-0.25, -0.2) is 13.4 Å². The van der Waals surface area contributed by atoms with Crippen LogP contribution < -0.4 is 5.32 Å². The van der Waals surface area contributed by atoms with Gasteiger partial charge in [-0.1, -0.05) is 11.6 Å². The van der Waals surface area contributed by atoms with Gasteiger partial charge in [0.15, 0.2) is 9.84 Å². The summed E-state index contributed by atoms with van der Waals surface area (Å²) in [5.74, 6) is -0.493. The van der Waals surface area contributed by atoms with Gasteiger partial charge in [-0.2, -0.15) is 0 Å². The maximum atomic E-state index is 11.7. The Kier molecular flexibility index (Phi) is 5.16. The third kappa shape index (κ3) is 3.66. The van der Waals surface area contributed by atoms with Crippen LogP contribution in [0.2, 0.25) is 5.02 Å². The fraction of sp³-hybridized carbons (Fsp3) is 0.333. The average molecular weight is 421 g/mol. The number of aromatic nitrogens is 1. The molecule has 1 heterocycles. The molecule has 1 N–H and O–H groups in total. The SMILES string of the molecule is C[C@@H](C(=O)Nc1ncc(Br)c(Cl)c1Br)S(C)(=O)=O. The molecule has 0 aliphatic carbocycles. The van der Waals surface area contributed by atoms with Crippen molar-refractivity contribution in [3.05, 3.63) is 20.2 Å². The van der Waals surface area contributed by atoms with E-state index in [9.17, 15) is 13.2 Å². The number of nitrogens with zero attached hydrogens (tertiary/aromatic N) is 1. The molecular weight excluding hydrogens is 411 g/mol. The Morgan fingerprint density at radius 3 is 2.56 bits per heavy atom. The second kappa shape index (κ2) is 5.85. The highest BCUT2D eigenvalue weighted by Crippen LogP contribution is 2.34. The predicted octanol–water partition coefficient (Wildman–Crippen LogP) is 2.63. The lowest BCUT2D eigenvalue weighted by atomic mass is 10.4. The molecule has 1 aromatic rings. The first-order chi connectivity index (χ1) is 8.14. The van der Waals surface area contributed by atoms with Crippen molar-refractivity contribution in [3.63, 3.8) is 0 Å². The molecule has 0 fully saturated rings. The van der Waals surface area contributed by atoms with E-state index in [1.165, 1.54) is 13.1 Å². The predicted molar refractivity (Wildman–Crippen MR) is 77.6 cm³/mol. The second-order valence-electron chi connectivity index (χ2n) is 3.54. The summed E-state index contributed by atoms with van der Waals surface area (Å²) in [5.41, 5.74) is 0. The topological polar surface area (TPSA) is 76.1 Å². The van der Waals surface area contributed by atoms with Gasteiger partial charge >= 0.3 is 0 Å². The van der Waals surface area contributed by atoms with Crippen LogP contribution in [0.5, 0.6) is 0 Å². The first-order valence-corrected chi connectivity index (χ1v) is 8.55. The van der Waals surface area contributed by atoms with E-state index in [4.69, 9.17) is 11.6 Å². The molecule has 1 atom stereocenters. The number of hydrogen-bond donors (Lipinski definition) is 1. The van der Waals surface area contributed by atoms with Crippen LogP contribution in [0.15, 0.2) is 15.1 Å². The first kappa shape index (κ1) is 15.9. The van der Waals surface area contributed by atoms with E-state index in [0.717, 1.165) is 6.26 Å². The standard InChI is InChI=1S/C9H9Br2ClN2O3S/c1-4(18(2,16)17)9(15)14-8-6(11)7(12)5(10)3-13-8/h3-4H,1-2H3,(H,13,14,15)/t4-/m0/s1. The zero-order chi connectivity index (χ0) is 14.1. The highest BCUT2D eigenvalue weighted by atomic mass is 79.9. The van der Waals surface area contributed by atoms with Gasteiger partial charge in [-0.3, -0.25) is 4.79 Å². The molecular formula is C9H9Br2ClN2O3S. The van der Waals surface area contributed by atoms with Gasteiger partial charge in [0.25, 0.3) is 0 Å². The zero-order valence-corrected chi connectivity index (χ0v) is 14.1. The van der Waals surface area contributed by atoms with Gasteiger partial charge in [-0.15, -0.1) is 0 Å². The highest BCUT2D eigenvalue weighted by Gasteiger charge is 2.24. The smallest absolute Gasteiger partial charge is 0.243 e. The van der Waals surface area contributed by atoms with E-state index in [1.807, 2.05) is 0 Å². The number of anilines is 1. The summed E-state index contributed by atoms with van der Waals surface area (Å²) in [4.78, 5) is 15.6. The number of amides is 1. The van der Waals surface area contributed by atoms with Crippen molar-refractivity contribution in [2.24, 2.45) is 0 Å². The van der Waals surface area contributed by atoms with E-state index in [-0.39, 0.29) is 5.82 Å². The Labute approximate surface area is 126 Å². The number of nitrogens with one attached hydrogen (secondary N) is 1. The van der Waals surface area contributed by atoms with Crippen molar-refractivity contribution in [2.75, 3.05) is 11.6 Å². The van der Waals surface area contributed by atoms with Crippen molar-refractivity contribution >= 4 is 65.0 Å². The summed E-state index contributed by atoms with van der Waals surface area (Å²) in [6, 6.07) is 0. The molecule has 1 rings (SSSR count). The third-order valence-electron chi connectivity index (χ3n) is 2.17. The van der Waals surface area contributed by atoms with Crippen molar-refractivity contribution in [1.82, 2.24) is 4.98 Å². The molecule has 1 aromatic heterocycles.